The molecule has 0 saturated heterocycles. The maximum absolute atomic E-state index is 10.0. The average molecular weight is 303 g/mol. The second-order valence-electron chi connectivity index (χ2n) is 5.10. The predicted octanol–water partition coefficient (Wildman–Crippen LogP) is 2.34. The summed E-state index contributed by atoms with van der Waals surface area (Å²) in [5, 5.41) is 20.6. The van der Waals surface area contributed by atoms with Gasteiger partial charge in [-0.3, -0.25) is 0 Å². The first kappa shape index (κ1) is 16.7. The van der Waals surface area contributed by atoms with E-state index in [9.17, 15) is 10.2 Å². The first-order valence-electron chi connectivity index (χ1n) is 5.97. The van der Waals surface area contributed by atoms with Gasteiger partial charge in [0.1, 0.15) is 0 Å². The number of rotatable bonds is 5. The van der Waals surface area contributed by atoms with Crippen LogP contribution in [-0.2, 0) is 0 Å². The van der Waals surface area contributed by atoms with E-state index in [1.54, 1.807) is 33.8 Å². The molecule has 17 heavy (non-hydrogen) atoms. The summed E-state index contributed by atoms with van der Waals surface area (Å²) in [6, 6.07) is 0. The standard InChI is InChI=1S/C14H24O2Se/c1-6-7-11-17-12(14(4,5)16)9-8-10-13(2,3)15/h9,15-16H,6-7,11H2,1-5H3/b12-9-. The Morgan fingerprint density at radius 2 is 1.82 bits per heavy atom. The van der Waals surface area contributed by atoms with Crippen LogP contribution in [0.25, 0.3) is 0 Å². The molecule has 3 heteroatoms. The number of aliphatic hydroxyl groups is 2. The number of hydrogen-bond acceptors (Lipinski definition) is 2. The van der Waals surface area contributed by atoms with E-state index < -0.39 is 11.2 Å². The summed E-state index contributed by atoms with van der Waals surface area (Å²) in [4.78, 5) is 0. The van der Waals surface area contributed by atoms with E-state index in [1.807, 2.05) is 0 Å². The zero-order chi connectivity index (χ0) is 13.5. The molecule has 0 atom stereocenters. The molecule has 0 aromatic carbocycles. The summed E-state index contributed by atoms with van der Waals surface area (Å²) in [6.07, 6.45) is 4.14. The summed E-state index contributed by atoms with van der Waals surface area (Å²) in [5.41, 5.74) is -1.78. The molecule has 0 rings (SSSR count). The van der Waals surface area contributed by atoms with E-state index >= 15 is 0 Å². The van der Waals surface area contributed by atoms with Gasteiger partial charge >= 0.3 is 112 Å². The normalized spacial score (nSPS) is 13.2. The topological polar surface area (TPSA) is 40.5 Å². The maximum atomic E-state index is 10.0. The molecule has 0 bridgehead atoms. The molecular formula is C14H24O2Se. The quantitative estimate of drug-likeness (QED) is 0.465. The second-order valence-corrected chi connectivity index (χ2v) is 7.48. The Kier molecular flexibility index (Phi) is 7.12. The predicted molar refractivity (Wildman–Crippen MR) is 73.9 cm³/mol. The van der Waals surface area contributed by atoms with E-state index in [2.05, 4.69) is 18.8 Å². The Labute approximate surface area is 112 Å². The van der Waals surface area contributed by atoms with Gasteiger partial charge in [0.2, 0.25) is 0 Å². The Bertz CT molecular complexity index is 308. The molecule has 0 aliphatic rings. The van der Waals surface area contributed by atoms with Crippen molar-refractivity contribution in [3.63, 3.8) is 0 Å². The summed E-state index contributed by atoms with van der Waals surface area (Å²) >= 11 is 0.280. The van der Waals surface area contributed by atoms with Gasteiger partial charge in [0.25, 0.3) is 0 Å². The van der Waals surface area contributed by atoms with E-state index in [-0.39, 0.29) is 15.0 Å². The van der Waals surface area contributed by atoms with Crippen molar-refractivity contribution in [2.45, 2.75) is 64.0 Å². The van der Waals surface area contributed by atoms with Crippen LogP contribution >= 0.6 is 0 Å². The van der Waals surface area contributed by atoms with Crippen LogP contribution in [0.4, 0.5) is 0 Å². The van der Waals surface area contributed by atoms with Crippen molar-refractivity contribution in [1.82, 2.24) is 0 Å². The molecule has 98 valence electrons. The fourth-order valence-electron chi connectivity index (χ4n) is 1.000. The first-order valence-corrected chi connectivity index (χ1v) is 8.04. The van der Waals surface area contributed by atoms with Crippen LogP contribution in [0.1, 0.15) is 47.5 Å². The van der Waals surface area contributed by atoms with Gasteiger partial charge < -0.3 is 0 Å². The molecule has 2 N–H and O–H groups in total. The van der Waals surface area contributed by atoms with Crippen LogP contribution in [0.5, 0.6) is 0 Å². The molecule has 0 saturated carbocycles. The average Bonchev–Trinajstić information content (AvgIpc) is 2.12. The van der Waals surface area contributed by atoms with Crippen molar-refractivity contribution in [1.29, 1.82) is 0 Å². The summed E-state index contributed by atoms with van der Waals surface area (Å²) < 4.78 is 0.996. The third kappa shape index (κ3) is 9.44. The third-order valence-corrected chi connectivity index (χ3v) is 4.92. The molecule has 0 aliphatic carbocycles. The first-order chi connectivity index (χ1) is 7.67. The minimum atomic E-state index is -0.975. The molecule has 0 spiro atoms. The van der Waals surface area contributed by atoms with Crippen molar-refractivity contribution >= 4 is 15.0 Å². The van der Waals surface area contributed by atoms with Crippen LogP contribution in [0.3, 0.4) is 0 Å². The zero-order valence-corrected chi connectivity index (χ0v) is 13.2. The molecule has 0 radical (unpaired) electrons. The number of allylic oxidation sites excluding steroid dienone is 1. The molecule has 0 heterocycles. The van der Waals surface area contributed by atoms with E-state index in [0.717, 1.165) is 9.79 Å². The van der Waals surface area contributed by atoms with E-state index in [1.165, 1.54) is 12.8 Å². The minimum absolute atomic E-state index is 0.280. The van der Waals surface area contributed by atoms with Crippen LogP contribution in [-0.4, -0.2) is 36.4 Å². The Balaban J connectivity index is 4.68. The summed E-state index contributed by atoms with van der Waals surface area (Å²) in [5.74, 6) is 5.60. The Morgan fingerprint density at radius 3 is 2.24 bits per heavy atom. The fourth-order valence-corrected chi connectivity index (χ4v) is 3.41. The van der Waals surface area contributed by atoms with Gasteiger partial charge in [-0.05, 0) is 0 Å². The molecular weight excluding hydrogens is 279 g/mol. The van der Waals surface area contributed by atoms with Gasteiger partial charge in [0.15, 0.2) is 0 Å². The van der Waals surface area contributed by atoms with E-state index in [0.29, 0.717) is 0 Å². The van der Waals surface area contributed by atoms with Gasteiger partial charge in [-0.2, -0.15) is 0 Å². The number of hydrogen-bond donors (Lipinski definition) is 2. The van der Waals surface area contributed by atoms with Crippen molar-refractivity contribution < 1.29 is 10.2 Å². The summed E-state index contributed by atoms with van der Waals surface area (Å²) in [7, 11) is 0. The van der Waals surface area contributed by atoms with Gasteiger partial charge in [0.05, 0.1) is 0 Å². The van der Waals surface area contributed by atoms with Crippen molar-refractivity contribution in [2.75, 3.05) is 0 Å². The Hall–Kier alpha value is -0.261. The molecule has 0 unspecified atom stereocenters. The van der Waals surface area contributed by atoms with Crippen molar-refractivity contribution in [3.05, 3.63) is 10.5 Å². The SMILES string of the molecule is CCCC[Se]/C(=C\C#CC(C)(C)O)C(C)(C)O. The Morgan fingerprint density at radius 1 is 1.24 bits per heavy atom. The van der Waals surface area contributed by atoms with E-state index in [4.69, 9.17) is 0 Å². The van der Waals surface area contributed by atoms with Crippen LogP contribution < -0.4 is 0 Å². The molecule has 0 aromatic heterocycles. The molecule has 0 aromatic rings. The van der Waals surface area contributed by atoms with Crippen molar-refractivity contribution in [2.24, 2.45) is 0 Å². The summed E-state index contributed by atoms with van der Waals surface area (Å²) in [6.45, 7) is 9.05. The van der Waals surface area contributed by atoms with Crippen LogP contribution in [0.2, 0.25) is 5.32 Å². The molecule has 0 fully saturated rings. The fraction of sp³-hybridized carbons (Fsp3) is 0.714. The molecule has 0 amide bonds. The number of unbranched alkanes of at least 4 members (excludes halogenated alkanes) is 1. The molecule has 0 aliphatic heterocycles. The van der Waals surface area contributed by atoms with Gasteiger partial charge in [-0.15, -0.1) is 0 Å². The third-order valence-electron chi connectivity index (χ3n) is 1.94. The zero-order valence-electron chi connectivity index (χ0n) is 11.5. The van der Waals surface area contributed by atoms with Gasteiger partial charge in [0, 0.05) is 0 Å². The van der Waals surface area contributed by atoms with Gasteiger partial charge in [-0.25, -0.2) is 0 Å². The monoisotopic (exact) mass is 304 g/mol. The van der Waals surface area contributed by atoms with Gasteiger partial charge in [-0.1, -0.05) is 0 Å². The van der Waals surface area contributed by atoms with Crippen LogP contribution in [0, 0.1) is 11.8 Å². The van der Waals surface area contributed by atoms with Crippen molar-refractivity contribution in [3.8, 4) is 11.8 Å². The molecule has 2 nitrogen and oxygen atoms in total. The van der Waals surface area contributed by atoms with Crippen LogP contribution in [0.15, 0.2) is 10.5 Å². The second kappa shape index (κ2) is 7.24.